The fourth-order valence-corrected chi connectivity index (χ4v) is 1.11. The van der Waals surface area contributed by atoms with Crippen LogP contribution in [0.3, 0.4) is 0 Å². The second-order valence-electron chi connectivity index (χ2n) is 4.52. The van der Waals surface area contributed by atoms with Gasteiger partial charge in [0.25, 0.3) is 0 Å². The van der Waals surface area contributed by atoms with Crippen LogP contribution in [0.25, 0.3) is 0 Å². The number of carbonyl (C=O) groups is 1. The number of nitrogens with two attached hydrogens (primary N) is 1. The Hall–Kier alpha value is -0.570. The summed E-state index contributed by atoms with van der Waals surface area (Å²) < 4.78 is 0. The zero-order valence-electron chi connectivity index (χ0n) is 9.97. The molecule has 0 atom stereocenters. The standard InChI is InChI=1S/C10H20O2.CH5N/c1-10(2,3)8-6-4-5-7-9(11)12;1-2/h4-8H2,1-3H3,(H,11,12);2H2,1H3. The molecule has 0 aliphatic carbocycles. The lowest BCUT2D eigenvalue weighted by atomic mass is 9.89. The maximum Gasteiger partial charge on any atom is 0.303 e. The molecule has 0 amide bonds. The van der Waals surface area contributed by atoms with Crippen LogP contribution in [0.1, 0.15) is 52.9 Å². The van der Waals surface area contributed by atoms with Gasteiger partial charge in [0.15, 0.2) is 0 Å². The van der Waals surface area contributed by atoms with E-state index in [2.05, 4.69) is 26.5 Å². The quantitative estimate of drug-likeness (QED) is 0.675. The maximum absolute atomic E-state index is 10.2. The average molecular weight is 203 g/mol. The molecule has 0 rings (SSSR count). The monoisotopic (exact) mass is 203 g/mol. The summed E-state index contributed by atoms with van der Waals surface area (Å²) in [4.78, 5) is 10.2. The molecule has 0 fully saturated rings. The van der Waals surface area contributed by atoms with Crippen molar-refractivity contribution in [3.8, 4) is 0 Å². The summed E-state index contributed by atoms with van der Waals surface area (Å²) in [7, 11) is 1.50. The van der Waals surface area contributed by atoms with Gasteiger partial charge in [-0.05, 0) is 25.3 Å². The maximum atomic E-state index is 10.2. The Morgan fingerprint density at radius 1 is 1.14 bits per heavy atom. The number of carboxylic acids is 1. The van der Waals surface area contributed by atoms with Crippen LogP contribution in [0, 0.1) is 5.41 Å². The Balaban J connectivity index is 0. The highest BCUT2D eigenvalue weighted by molar-refractivity contribution is 5.66. The molecule has 0 saturated heterocycles. The van der Waals surface area contributed by atoms with Crippen LogP contribution in [0.4, 0.5) is 0 Å². The van der Waals surface area contributed by atoms with E-state index in [1.54, 1.807) is 0 Å². The molecule has 3 N–H and O–H groups in total. The van der Waals surface area contributed by atoms with Gasteiger partial charge in [-0.3, -0.25) is 4.79 Å². The fraction of sp³-hybridized carbons (Fsp3) is 0.909. The fourth-order valence-electron chi connectivity index (χ4n) is 1.11. The van der Waals surface area contributed by atoms with Gasteiger partial charge in [-0.25, -0.2) is 0 Å². The summed E-state index contributed by atoms with van der Waals surface area (Å²) in [6.07, 6.45) is 4.53. The van der Waals surface area contributed by atoms with Gasteiger partial charge >= 0.3 is 5.97 Å². The first-order valence-corrected chi connectivity index (χ1v) is 5.21. The third kappa shape index (κ3) is 17.5. The molecular weight excluding hydrogens is 178 g/mol. The van der Waals surface area contributed by atoms with Gasteiger partial charge in [0.05, 0.1) is 0 Å². The minimum atomic E-state index is -0.675. The Morgan fingerprint density at radius 2 is 1.64 bits per heavy atom. The van der Waals surface area contributed by atoms with Crippen molar-refractivity contribution < 1.29 is 9.90 Å². The van der Waals surface area contributed by atoms with Gasteiger partial charge in [-0.2, -0.15) is 0 Å². The molecule has 0 heterocycles. The number of hydrogen-bond donors (Lipinski definition) is 2. The second-order valence-corrected chi connectivity index (χ2v) is 4.52. The lowest BCUT2D eigenvalue weighted by molar-refractivity contribution is -0.137. The lowest BCUT2D eigenvalue weighted by Crippen LogP contribution is -2.04. The molecule has 0 aromatic heterocycles. The van der Waals surface area contributed by atoms with E-state index in [4.69, 9.17) is 5.11 Å². The van der Waals surface area contributed by atoms with Crippen molar-refractivity contribution in [1.82, 2.24) is 0 Å². The van der Waals surface area contributed by atoms with Crippen molar-refractivity contribution in [3.05, 3.63) is 0 Å². The first kappa shape index (κ1) is 15.9. The molecule has 14 heavy (non-hydrogen) atoms. The summed E-state index contributed by atoms with van der Waals surface area (Å²) in [6.45, 7) is 6.64. The normalized spacial score (nSPS) is 10.4. The zero-order valence-corrected chi connectivity index (χ0v) is 9.97. The van der Waals surface area contributed by atoms with E-state index in [1.165, 1.54) is 13.5 Å². The zero-order chi connectivity index (χ0) is 11.6. The topological polar surface area (TPSA) is 63.3 Å². The first-order chi connectivity index (χ1) is 6.42. The van der Waals surface area contributed by atoms with Crippen LogP contribution in [0.15, 0.2) is 0 Å². The van der Waals surface area contributed by atoms with Crippen molar-refractivity contribution in [1.29, 1.82) is 0 Å². The molecule has 0 unspecified atom stereocenters. The predicted molar refractivity (Wildman–Crippen MR) is 60.3 cm³/mol. The van der Waals surface area contributed by atoms with E-state index in [1.807, 2.05) is 0 Å². The SMILES string of the molecule is CC(C)(C)CCCCCC(=O)O.CN. The molecule has 0 aromatic carbocycles. The predicted octanol–water partition coefficient (Wildman–Crippen LogP) is 2.64. The summed E-state index contributed by atoms with van der Waals surface area (Å²) in [5.41, 5.74) is 4.89. The van der Waals surface area contributed by atoms with Gasteiger partial charge in [0, 0.05) is 6.42 Å². The second kappa shape index (κ2) is 9.00. The Bertz CT molecular complexity index is 139. The van der Waals surface area contributed by atoms with Crippen molar-refractivity contribution >= 4 is 5.97 Å². The minimum Gasteiger partial charge on any atom is -0.481 e. The van der Waals surface area contributed by atoms with Crippen molar-refractivity contribution in [2.75, 3.05) is 7.05 Å². The first-order valence-electron chi connectivity index (χ1n) is 5.21. The number of rotatable bonds is 5. The molecule has 86 valence electrons. The highest BCUT2D eigenvalue weighted by Gasteiger charge is 2.08. The molecule has 3 heteroatoms. The molecule has 0 radical (unpaired) electrons. The molecule has 3 nitrogen and oxygen atoms in total. The van der Waals surface area contributed by atoms with Crippen LogP contribution in [-0.4, -0.2) is 18.1 Å². The molecule has 0 aliphatic heterocycles. The van der Waals surface area contributed by atoms with E-state index in [9.17, 15) is 4.79 Å². The number of carboxylic acid groups (broad SMARTS) is 1. The van der Waals surface area contributed by atoms with Crippen LogP contribution in [0.5, 0.6) is 0 Å². The van der Waals surface area contributed by atoms with Crippen LogP contribution in [-0.2, 0) is 4.79 Å². The summed E-state index contributed by atoms with van der Waals surface area (Å²) in [6, 6.07) is 0. The molecular formula is C11H25NO2. The van der Waals surface area contributed by atoms with Gasteiger partial charge in [-0.1, -0.05) is 33.6 Å². The molecule has 0 aromatic rings. The highest BCUT2D eigenvalue weighted by Crippen LogP contribution is 2.22. The van der Waals surface area contributed by atoms with Gasteiger partial charge in [-0.15, -0.1) is 0 Å². The third-order valence-corrected chi connectivity index (χ3v) is 1.82. The van der Waals surface area contributed by atoms with Crippen LogP contribution in [0.2, 0.25) is 0 Å². The van der Waals surface area contributed by atoms with Gasteiger partial charge < -0.3 is 10.8 Å². The molecule has 0 aliphatic rings. The number of hydrogen-bond acceptors (Lipinski definition) is 2. The average Bonchev–Trinajstić information content (AvgIpc) is 2.05. The van der Waals surface area contributed by atoms with E-state index >= 15 is 0 Å². The van der Waals surface area contributed by atoms with E-state index in [0.717, 1.165) is 19.3 Å². The van der Waals surface area contributed by atoms with E-state index < -0.39 is 5.97 Å². The summed E-state index contributed by atoms with van der Waals surface area (Å²) in [5.74, 6) is -0.675. The molecule has 0 spiro atoms. The summed E-state index contributed by atoms with van der Waals surface area (Å²) in [5, 5.41) is 8.37. The van der Waals surface area contributed by atoms with Crippen LogP contribution < -0.4 is 5.73 Å². The molecule has 0 bridgehead atoms. The van der Waals surface area contributed by atoms with E-state index in [0.29, 0.717) is 11.8 Å². The Kier molecular flexibility index (Phi) is 10.2. The summed E-state index contributed by atoms with van der Waals surface area (Å²) >= 11 is 0. The molecule has 0 saturated carbocycles. The van der Waals surface area contributed by atoms with Crippen molar-refractivity contribution in [2.45, 2.75) is 52.9 Å². The smallest absolute Gasteiger partial charge is 0.303 e. The number of aliphatic carboxylic acids is 1. The van der Waals surface area contributed by atoms with Crippen LogP contribution >= 0.6 is 0 Å². The largest absolute Gasteiger partial charge is 0.481 e. The van der Waals surface area contributed by atoms with Crippen molar-refractivity contribution in [2.24, 2.45) is 11.1 Å². The Morgan fingerprint density at radius 3 is 2.00 bits per heavy atom. The lowest BCUT2D eigenvalue weighted by Gasteiger charge is -2.17. The number of unbranched alkanes of at least 4 members (excludes halogenated alkanes) is 2. The minimum absolute atomic E-state index is 0.324. The van der Waals surface area contributed by atoms with Gasteiger partial charge in [0.2, 0.25) is 0 Å². The van der Waals surface area contributed by atoms with Gasteiger partial charge in [0.1, 0.15) is 0 Å². The Labute approximate surface area is 87.7 Å². The van der Waals surface area contributed by atoms with Crippen molar-refractivity contribution in [3.63, 3.8) is 0 Å². The third-order valence-electron chi connectivity index (χ3n) is 1.82. The highest BCUT2D eigenvalue weighted by atomic mass is 16.4. The van der Waals surface area contributed by atoms with E-state index in [-0.39, 0.29) is 0 Å².